The molecule has 0 fully saturated rings. The fourth-order valence-corrected chi connectivity index (χ4v) is 2.63. The van der Waals surface area contributed by atoms with E-state index in [-0.39, 0.29) is 56.3 Å². The van der Waals surface area contributed by atoms with Crippen LogP contribution in [0.15, 0.2) is 23.1 Å². The van der Waals surface area contributed by atoms with Crippen molar-refractivity contribution < 1.29 is 13.0 Å². The summed E-state index contributed by atoms with van der Waals surface area (Å²) in [4.78, 5) is -0.0249. The number of hydrogen-bond donors (Lipinski definition) is 1. The summed E-state index contributed by atoms with van der Waals surface area (Å²) in [6, 6.07) is 4.88. The van der Waals surface area contributed by atoms with Crippen molar-refractivity contribution in [2.75, 3.05) is 0 Å². The van der Waals surface area contributed by atoms with Crippen LogP contribution in [0.1, 0.15) is 5.56 Å². The molecular weight excluding hydrogens is 330 g/mol. The van der Waals surface area contributed by atoms with E-state index in [0.717, 1.165) is 5.56 Å². The number of halogens is 1. The third-order valence-corrected chi connectivity index (χ3v) is 3.56. The normalized spacial score (nSPS) is 10.7. The average molecular weight is 338 g/mol. The van der Waals surface area contributed by atoms with Crippen molar-refractivity contribution in [1.82, 2.24) is 0 Å². The summed E-state index contributed by atoms with van der Waals surface area (Å²) in [6.45, 7) is 1.77. The molecule has 0 bridgehead atoms. The molecule has 0 aliphatic carbocycles. The van der Waals surface area contributed by atoms with Gasteiger partial charge in [0.15, 0.2) is 0 Å². The van der Waals surface area contributed by atoms with Gasteiger partial charge in [0.2, 0.25) is 0 Å². The van der Waals surface area contributed by atoms with Gasteiger partial charge >= 0.3 is 51.4 Å². The molecule has 0 radical (unpaired) electrons. The first-order valence-electron chi connectivity index (χ1n) is 3.15. The van der Waals surface area contributed by atoms with E-state index in [2.05, 4.69) is 0 Å². The topological polar surface area (TPSA) is 54.4 Å². The van der Waals surface area contributed by atoms with Gasteiger partial charge in [-0.05, 0) is 47.2 Å². The third-order valence-electron chi connectivity index (χ3n) is 1.36. The zero-order valence-corrected chi connectivity index (χ0v) is 9.26. The first-order valence-corrected chi connectivity index (χ1v) is 5.67. The first-order chi connectivity index (χ1) is 5.41. The van der Waals surface area contributed by atoms with Gasteiger partial charge < -0.3 is 0 Å². The van der Waals surface area contributed by atoms with Crippen LogP contribution < -0.4 is 0 Å². The number of benzene rings is 1. The molecule has 0 aliphatic rings. The van der Waals surface area contributed by atoms with Crippen molar-refractivity contribution in [3.8, 4) is 0 Å². The zero-order chi connectivity index (χ0) is 9.35. The second-order valence-corrected chi connectivity index (χ2v) is 4.96. The Kier molecular flexibility index (Phi) is 6.18. The van der Waals surface area contributed by atoms with Crippen LogP contribution in [0.3, 0.4) is 0 Å². The molecule has 0 atom stereocenters. The van der Waals surface area contributed by atoms with Gasteiger partial charge in [0.05, 0.1) is 0 Å². The predicted molar refractivity (Wildman–Crippen MR) is 60.9 cm³/mol. The van der Waals surface area contributed by atoms with E-state index in [4.69, 9.17) is 4.55 Å². The molecule has 0 spiro atoms. The molecule has 1 aromatic rings. The second kappa shape index (κ2) is 5.54. The van der Waals surface area contributed by atoms with Crippen molar-refractivity contribution in [3.63, 3.8) is 0 Å². The Balaban J connectivity index is 0.00000144. The summed E-state index contributed by atoms with van der Waals surface area (Å²) in [7, 11) is -4.06. The SMILES string of the molecule is Cc1ccc(I)c(S(=O)(=O)O)c1.[KH]. The molecule has 1 aromatic carbocycles. The van der Waals surface area contributed by atoms with Gasteiger partial charge in [0, 0.05) is 3.57 Å². The van der Waals surface area contributed by atoms with E-state index in [1.165, 1.54) is 6.07 Å². The molecule has 0 heterocycles. The molecule has 0 saturated heterocycles. The number of rotatable bonds is 1. The second-order valence-electron chi connectivity index (χ2n) is 2.41. The quantitative estimate of drug-likeness (QED) is 0.476. The minimum absolute atomic E-state index is 0. The Hall–Kier alpha value is 1.50. The standard InChI is InChI=1S/C7H7IO3S.K.H/c1-5-2-3-6(8)7(4-5)12(9,10)11;;/h2-4H,1H3,(H,9,10,11);;. The molecule has 0 unspecified atom stereocenters. The van der Waals surface area contributed by atoms with Gasteiger partial charge in [-0.3, -0.25) is 4.55 Å². The van der Waals surface area contributed by atoms with Gasteiger partial charge in [-0.1, -0.05) is 6.07 Å². The molecule has 6 heteroatoms. The third kappa shape index (κ3) is 4.25. The summed E-state index contributed by atoms with van der Waals surface area (Å²) < 4.78 is 30.8. The van der Waals surface area contributed by atoms with Crippen LogP contribution in [-0.4, -0.2) is 64.4 Å². The maximum atomic E-state index is 10.8. The van der Waals surface area contributed by atoms with Crippen molar-refractivity contribution in [2.24, 2.45) is 0 Å². The molecule has 68 valence electrons. The van der Waals surface area contributed by atoms with Crippen LogP contribution in [0, 0.1) is 10.5 Å². The van der Waals surface area contributed by atoms with Crippen molar-refractivity contribution in [1.29, 1.82) is 0 Å². The Morgan fingerprint density at radius 2 is 1.92 bits per heavy atom. The predicted octanol–water partition coefficient (Wildman–Crippen LogP) is 1.20. The van der Waals surface area contributed by atoms with Gasteiger partial charge in [-0.2, -0.15) is 8.42 Å². The summed E-state index contributed by atoms with van der Waals surface area (Å²) in [5.41, 5.74) is 0.808. The fraction of sp³-hybridized carbons (Fsp3) is 0.143. The summed E-state index contributed by atoms with van der Waals surface area (Å²) in [5, 5.41) is 0. The van der Waals surface area contributed by atoms with Gasteiger partial charge in [-0.15, -0.1) is 0 Å². The fourth-order valence-electron chi connectivity index (χ4n) is 0.808. The van der Waals surface area contributed by atoms with E-state index in [9.17, 15) is 8.42 Å². The zero-order valence-electron chi connectivity index (χ0n) is 6.28. The summed E-state index contributed by atoms with van der Waals surface area (Å²) in [5.74, 6) is 0. The molecule has 1 N–H and O–H groups in total. The van der Waals surface area contributed by atoms with Crippen LogP contribution in [0.2, 0.25) is 0 Å². The Bertz CT molecular complexity index is 402. The van der Waals surface area contributed by atoms with Gasteiger partial charge in [-0.25, -0.2) is 0 Å². The molecule has 0 aliphatic heterocycles. The molecular formula is C7H8IKO3S. The Morgan fingerprint density at radius 1 is 1.38 bits per heavy atom. The van der Waals surface area contributed by atoms with Crippen molar-refractivity contribution in [3.05, 3.63) is 27.3 Å². The van der Waals surface area contributed by atoms with E-state index in [1.807, 2.05) is 22.6 Å². The maximum absolute atomic E-state index is 10.8. The van der Waals surface area contributed by atoms with Gasteiger partial charge in [0.1, 0.15) is 4.90 Å². The van der Waals surface area contributed by atoms with Crippen LogP contribution in [-0.2, 0) is 10.1 Å². The number of aryl methyl sites for hydroxylation is 1. The molecule has 13 heavy (non-hydrogen) atoms. The minimum atomic E-state index is -4.06. The number of hydrogen-bond acceptors (Lipinski definition) is 2. The Morgan fingerprint density at radius 3 is 2.31 bits per heavy atom. The molecule has 0 amide bonds. The van der Waals surface area contributed by atoms with Crippen LogP contribution in [0.25, 0.3) is 0 Å². The van der Waals surface area contributed by atoms with E-state index in [0.29, 0.717) is 3.57 Å². The van der Waals surface area contributed by atoms with E-state index < -0.39 is 10.1 Å². The van der Waals surface area contributed by atoms with Crippen molar-refractivity contribution >= 4 is 84.1 Å². The monoisotopic (exact) mass is 338 g/mol. The average Bonchev–Trinajstić information content (AvgIpc) is 1.92. The van der Waals surface area contributed by atoms with Gasteiger partial charge in [0.25, 0.3) is 10.1 Å². The van der Waals surface area contributed by atoms with Crippen LogP contribution in [0.5, 0.6) is 0 Å². The summed E-state index contributed by atoms with van der Waals surface area (Å²) >= 11 is 1.86. The first kappa shape index (κ1) is 14.5. The molecule has 0 aromatic heterocycles. The molecule has 0 saturated carbocycles. The molecule has 3 nitrogen and oxygen atoms in total. The van der Waals surface area contributed by atoms with Crippen LogP contribution >= 0.6 is 22.6 Å². The van der Waals surface area contributed by atoms with E-state index in [1.54, 1.807) is 19.1 Å². The summed E-state index contributed by atoms with van der Waals surface area (Å²) in [6.07, 6.45) is 0. The Labute approximate surface area is 134 Å². The van der Waals surface area contributed by atoms with Crippen LogP contribution in [0.4, 0.5) is 0 Å². The molecule has 1 rings (SSSR count). The van der Waals surface area contributed by atoms with Crippen molar-refractivity contribution in [2.45, 2.75) is 11.8 Å². The van der Waals surface area contributed by atoms with E-state index >= 15 is 0 Å².